The molecule has 0 bridgehead atoms. The van der Waals surface area contributed by atoms with E-state index in [0.717, 1.165) is 12.2 Å². The number of hydrogen-bond acceptors (Lipinski definition) is 3. The first-order valence-electron chi connectivity index (χ1n) is 8.16. The first kappa shape index (κ1) is 17.0. The Morgan fingerprint density at radius 1 is 0.950 bits per heavy atom. The SMILES string of the molecule is CCCCCCCCCCn1nnc(N)c1C(C)(C)C. The molecule has 1 rings (SSSR count). The second kappa shape index (κ2) is 8.28. The lowest BCUT2D eigenvalue weighted by Crippen LogP contribution is -2.20. The zero-order valence-corrected chi connectivity index (χ0v) is 13.8. The average Bonchev–Trinajstić information content (AvgIpc) is 2.73. The molecule has 0 atom stereocenters. The number of hydrogen-bond donors (Lipinski definition) is 1. The summed E-state index contributed by atoms with van der Waals surface area (Å²) >= 11 is 0. The summed E-state index contributed by atoms with van der Waals surface area (Å²) in [5.41, 5.74) is 7.01. The van der Waals surface area contributed by atoms with Crippen LogP contribution in [0.5, 0.6) is 0 Å². The van der Waals surface area contributed by atoms with Crippen molar-refractivity contribution in [1.82, 2.24) is 15.0 Å². The van der Waals surface area contributed by atoms with E-state index in [9.17, 15) is 0 Å². The number of nitrogen functional groups attached to an aromatic ring is 1. The predicted molar refractivity (Wildman–Crippen MR) is 85.7 cm³/mol. The van der Waals surface area contributed by atoms with E-state index in [4.69, 9.17) is 5.73 Å². The molecule has 0 radical (unpaired) electrons. The van der Waals surface area contributed by atoms with Crippen molar-refractivity contribution in [2.45, 2.75) is 91.0 Å². The molecule has 4 heteroatoms. The van der Waals surface area contributed by atoms with Gasteiger partial charge in [-0.05, 0) is 6.42 Å². The third kappa shape index (κ3) is 5.51. The maximum atomic E-state index is 5.93. The highest BCUT2D eigenvalue weighted by molar-refractivity contribution is 5.37. The molecule has 0 fully saturated rings. The van der Waals surface area contributed by atoms with Crippen molar-refractivity contribution in [2.75, 3.05) is 5.73 Å². The Balaban J connectivity index is 2.26. The van der Waals surface area contributed by atoms with Gasteiger partial charge >= 0.3 is 0 Å². The summed E-state index contributed by atoms with van der Waals surface area (Å²) in [6.07, 6.45) is 10.6. The number of anilines is 1. The Bertz CT molecular complexity index is 376. The summed E-state index contributed by atoms with van der Waals surface area (Å²) in [6, 6.07) is 0. The summed E-state index contributed by atoms with van der Waals surface area (Å²) in [6.45, 7) is 9.67. The number of unbranched alkanes of at least 4 members (excludes halogenated alkanes) is 7. The highest BCUT2D eigenvalue weighted by atomic mass is 15.4. The summed E-state index contributed by atoms with van der Waals surface area (Å²) in [5.74, 6) is 0.581. The van der Waals surface area contributed by atoms with Crippen LogP contribution in [0.4, 0.5) is 5.82 Å². The van der Waals surface area contributed by atoms with Crippen molar-refractivity contribution < 1.29 is 0 Å². The lowest BCUT2D eigenvalue weighted by Gasteiger charge is -2.20. The van der Waals surface area contributed by atoms with Gasteiger partial charge in [-0.2, -0.15) is 0 Å². The normalized spacial score (nSPS) is 12.0. The minimum atomic E-state index is 0.00767. The fourth-order valence-electron chi connectivity index (χ4n) is 2.65. The molecule has 0 aliphatic carbocycles. The van der Waals surface area contributed by atoms with E-state index in [1.165, 1.54) is 51.4 Å². The van der Waals surface area contributed by atoms with Gasteiger partial charge in [0.15, 0.2) is 5.82 Å². The zero-order valence-electron chi connectivity index (χ0n) is 13.8. The van der Waals surface area contributed by atoms with Crippen LogP contribution in [0, 0.1) is 0 Å². The number of aryl methyl sites for hydroxylation is 1. The van der Waals surface area contributed by atoms with Crippen LogP contribution in [-0.4, -0.2) is 15.0 Å². The molecule has 4 nitrogen and oxygen atoms in total. The minimum absolute atomic E-state index is 0.00767. The van der Waals surface area contributed by atoms with Crippen LogP contribution in [0.3, 0.4) is 0 Å². The zero-order chi connectivity index (χ0) is 15.0. The molecule has 0 saturated heterocycles. The minimum Gasteiger partial charge on any atom is -0.381 e. The smallest absolute Gasteiger partial charge is 0.169 e. The Kier molecular flexibility index (Phi) is 7.03. The van der Waals surface area contributed by atoms with Gasteiger partial charge in [0, 0.05) is 12.0 Å². The van der Waals surface area contributed by atoms with Crippen molar-refractivity contribution in [2.24, 2.45) is 0 Å². The topological polar surface area (TPSA) is 56.7 Å². The quantitative estimate of drug-likeness (QED) is 0.686. The highest BCUT2D eigenvalue weighted by Crippen LogP contribution is 2.26. The van der Waals surface area contributed by atoms with Crippen LogP contribution in [0.2, 0.25) is 0 Å². The van der Waals surface area contributed by atoms with E-state index in [1.54, 1.807) is 0 Å². The van der Waals surface area contributed by atoms with Crippen LogP contribution in [-0.2, 0) is 12.0 Å². The molecular weight excluding hydrogens is 248 g/mol. The molecular formula is C16H32N4. The van der Waals surface area contributed by atoms with Gasteiger partial charge in [-0.15, -0.1) is 5.10 Å². The molecule has 2 N–H and O–H groups in total. The van der Waals surface area contributed by atoms with Crippen molar-refractivity contribution >= 4 is 5.82 Å². The second-order valence-electron chi connectivity index (χ2n) is 6.77. The number of rotatable bonds is 9. The summed E-state index contributed by atoms with van der Waals surface area (Å²) in [5, 5.41) is 8.20. The van der Waals surface area contributed by atoms with Crippen LogP contribution in [0.15, 0.2) is 0 Å². The lowest BCUT2D eigenvalue weighted by molar-refractivity contribution is 0.455. The molecule has 0 unspecified atom stereocenters. The molecule has 1 aromatic heterocycles. The Morgan fingerprint density at radius 2 is 1.50 bits per heavy atom. The van der Waals surface area contributed by atoms with E-state index >= 15 is 0 Å². The van der Waals surface area contributed by atoms with Gasteiger partial charge in [0.2, 0.25) is 0 Å². The van der Waals surface area contributed by atoms with Crippen LogP contribution in [0.25, 0.3) is 0 Å². The third-order valence-electron chi connectivity index (χ3n) is 3.70. The van der Waals surface area contributed by atoms with Crippen molar-refractivity contribution in [3.05, 3.63) is 5.69 Å². The van der Waals surface area contributed by atoms with Crippen molar-refractivity contribution in [3.8, 4) is 0 Å². The first-order valence-corrected chi connectivity index (χ1v) is 8.16. The molecule has 116 valence electrons. The Morgan fingerprint density at radius 3 is 2.05 bits per heavy atom. The van der Waals surface area contributed by atoms with Crippen molar-refractivity contribution in [3.63, 3.8) is 0 Å². The van der Waals surface area contributed by atoms with Crippen LogP contribution >= 0.6 is 0 Å². The van der Waals surface area contributed by atoms with Gasteiger partial charge in [0.05, 0.1) is 5.69 Å². The van der Waals surface area contributed by atoms with Crippen molar-refractivity contribution in [1.29, 1.82) is 0 Å². The molecule has 0 aliphatic rings. The number of nitrogens with two attached hydrogens (primary N) is 1. The largest absolute Gasteiger partial charge is 0.381 e. The Labute approximate surface area is 124 Å². The molecule has 0 saturated carbocycles. The molecule has 20 heavy (non-hydrogen) atoms. The average molecular weight is 280 g/mol. The number of nitrogens with zero attached hydrogens (tertiary/aromatic N) is 3. The van der Waals surface area contributed by atoms with Crippen LogP contribution in [0.1, 0.15) is 84.8 Å². The van der Waals surface area contributed by atoms with Gasteiger partial charge in [0.1, 0.15) is 0 Å². The second-order valence-corrected chi connectivity index (χ2v) is 6.77. The summed E-state index contributed by atoms with van der Waals surface area (Å²) in [4.78, 5) is 0. The van der Waals surface area contributed by atoms with Crippen LogP contribution < -0.4 is 5.73 Å². The molecule has 1 heterocycles. The van der Waals surface area contributed by atoms with E-state index in [0.29, 0.717) is 5.82 Å². The highest BCUT2D eigenvalue weighted by Gasteiger charge is 2.23. The van der Waals surface area contributed by atoms with E-state index in [-0.39, 0.29) is 5.41 Å². The third-order valence-corrected chi connectivity index (χ3v) is 3.70. The fraction of sp³-hybridized carbons (Fsp3) is 0.875. The first-order chi connectivity index (χ1) is 9.46. The van der Waals surface area contributed by atoms with Gasteiger partial charge in [-0.25, -0.2) is 4.68 Å². The Hall–Kier alpha value is -1.06. The fourth-order valence-corrected chi connectivity index (χ4v) is 2.65. The van der Waals surface area contributed by atoms with Gasteiger partial charge in [-0.1, -0.05) is 77.9 Å². The monoisotopic (exact) mass is 280 g/mol. The molecule has 0 spiro atoms. The standard InChI is InChI=1S/C16H32N4/c1-5-6-7-8-9-10-11-12-13-20-14(16(2,3)4)15(17)18-19-20/h5-13,17H2,1-4H3. The van der Waals surface area contributed by atoms with Gasteiger partial charge in [-0.3, -0.25) is 0 Å². The molecule has 0 aliphatic heterocycles. The number of aromatic nitrogens is 3. The van der Waals surface area contributed by atoms with Gasteiger partial charge in [0.25, 0.3) is 0 Å². The van der Waals surface area contributed by atoms with E-state index in [2.05, 4.69) is 38.0 Å². The predicted octanol–water partition coefficient (Wildman–Crippen LogP) is 4.30. The maximum Gasteiger partial charge on any atom is 0.169 e. The molecule has 1 aromatic rings. The lowest BCUT2D eigenvalue weighted by atomic mass is 9.92. The molecule has 0 aromatic carbocycles. The van der Waals surface area contributed by atoms with E-state index in [1.807, 2.05) is 4.68 Å². The summed E-state index contributed by atoms with van der Waals surface area (Å²) < 4.78 is 1.99. The van der Waals surface area contributed by atoms with E-state index < -0.39 is 0 Å². The summed E-state index contributed by atoms with van der Waals surface area (Å²) in [7, 11) is 0. The molecule has 0 amide bonds. The maximum absolute atomic E-state index is 5.93. The van der Waals surface area contributed by atoms with Gasteiger partial charge < -0.3 is 5.73 Å².